The van der Waals surface area contributed by atoms with E-state index in [9.17, 15) is 0 Å². The summed E-state index contributed by atoms with van der Waals surface area (Å²) < 4.78 is 4.77. The second kappa shape index (κ2) is 14.2. The smallest absolute Gasteiger partial charge is 0.0541 e. The fourth-order valence-corrected chi connectivity index (χ4v) is 10.5. The number of aromatic nitrogens is 2. The Morgan fingerprint density at radius 2 is 0.556 bits per heavy atom. The van der Waals surface area contributed by atoms with Gasteiger partial charge in [0.1, 0.15) is 0 Å². The third kappa shape index (κ3) is 5.65. The van der Waals surface area contributed by atoms with E-state index < -0.39 is 0 Å². The van der Waals surface area contributed by atoms with E-state index >= 15 is 0 Å². The van der Waals surface area contributed by atoms with Crippen molar-refractivity contribution in [2.24, 2.45) is 0 Å². The molecule has 0 aliphatic heterocycles. The zero-order valence-electron chi connectivity index (χ0n) is 34.5. The van der Waals surface area contributed by atoms with E-state index in [-0.39, 0.29) is 5.92 Å². The number of fused-ring (bicyclic) bond motifs is 9. The third-order valence-electron chi connectivity index (χ3n) is 13.4. The molecule has 63 heavy (non-hydrogen) atoms. The molecule has 0 atom stereocenters. The van der Waals surface area contributed by atoms with Crippen LogP contribution in [0.3, 0.4) is 0 Å². The lowest BCUT2D eigenvalue weighted by Gasteiger charge is -2.16. The molecular formula is C61H40N2. The maximum absolute atomic E-state index is 2.39. The second-order valence-corrected chi connectivity index (χ2v) is 16.9. The fourth-order valence-electron chi connectivity index (χ4n) is 10.5. The normalized spacial score (nSPS) is 12.4. The zero-order valence-corrected chi connectivity index (χ0v) is 34.5. The van der Waals surface area contributed by atoms with Crippen molar-refractivity contribution >= 4 is 43.6 Å². The quantitative estimate of drug-likeness (QED) is 0.159. The van der Waals surface area contributed by atoms with Gasteiger partial charge in [0, 0.05) is 38.8 Å². The highest BCUT2D eigenvalue weighted by molar-refractivity contribution is 6.10. The Labute approximate surface area is 366 Å². The van der Waals surface area contributed by atoms with Crippen LogP contribution in [0.15, 0.2) is 237 Å². The molecule has 0 unspecified atom stereocenters. The summed E-state index contributed by atoms with van der Waals surface area (Å²) >= 11 is 0. The van der Waals surface area contributed by atoms with Crippen LogP contribution in [-0.4, -0.2) is 9.13 Å². The molecule has 0 saturated heterocycles. The minimum absolute atomic E-state index is 0.217. The molecule has 0 radical (unpaired) electrons. The highest BCUT2D eigenvalue weighted by atomic mass is 15.0. The van der Waals surface area contributed by atoms with Gasteiger partial charge >= 0.3 is 0 Å². The minimum Gasteiger partial charge on any atom is -0.309 e. The number of nitrogens with zero attached hydrogens (tertiary/aromatic N) is 2. The molecule has 2 nitrogen and oxygen atoms in total. The maximum atomic E-state index is 2.39. The predicted octanol–water partition coefficient (Wildman–Crippen LogP) is 16.0. The number of rotatable bonds is 6. The fraction of sp³-hybridized carbons (Fsp3) is 0.0164. The van der Waals surface area contributed by atoms with Crippen LogP contribution in [0.4, 0.5) is 0 Å². The molecule has 0 N–H and O–H groups in total. The predicted molar refractivity (Wildman–Crippen MR) is 264 cm³/mol. The lowest BCUT2D eigenvalue weighted by Crippen LogP contribution is -1.99. The van der Waals surface area contributed by atoms with Crippen molar-refractivity contribution in [3.05, 3.63) is 253 Å². The van der Waals surface area contributed by atoms with Gasteiger partial charge in [-0.1, -0.05) is 170 Å². The van der Waals surface area contributed by atoms with E-state index in [1.54, 1.807) is 0 Å². The number of hydrogen-bond acceptors (Lipinski definition) is 0. The van der Waals surface area contributed by atoms with Crippen molar-refractivity contribution < 1.29 is 0 Å². The summed E-state index contributed by atoms with van der Waals surface area (Å²) in [5.74, 6) is 0.217. The van der Waals surface area contributed by atoms with Gasteiger partial charge in [0.25, 0.3) is 0 Å². The average molecular weight is 801 g/mol. The molecule has 0 bridgehead atoms. The molecule has 10 aromatic carbocycles. The van der Waals surface area contributed by atoms with Gasteiger partial charge in [-0.25, -0.2) is 0 Å². The summed E-state index contributed by atoms with van der Waals surface area (Å²) in [5.41, 5.74) is 21.0. The maximum Gasteiger partial charge on any atom is 0.0541 e. The Kier molecular flexibility index (Phi) is 8.01. The van der Waals surface area contributed by atoms with Gasteiger partial charge in [-0.2, -0.15) is 0 Å². The molecule has 294 valence electrons. The molecule has 1 aliphatic carbocycles. The van der Waals surface area contributed by atoms with Gasteiger partial charge in [-0.3, -0.25) is 0 Å². The molecule has 2 aromatic heterocycles. The van der Waals surface area contributed by atoms with Gasteiger partial charge in [0.15, 0.2) is 0 Å². The molecular weight excluding hydrogens is 761 g/mol. The van der Waals surface area contributed by atoms with Gasteiger partial charge in [-0.05, 0) is 128 Å². The largest absolute Gasteiger partial charge is 0.309 e. The van der Waals surface area contributed by atoms with E-state index in [4.69, 9.17) is 0 Å². The lowest BCUT2D eigenvalue weighted by molar-refractivity contribution is 1.02. The van der Waals surface area contributed by atoms with Crippen LogP contribution >= 0.6 is 0 Å². The first kappa shape index (κ1) is 35.5. The Morgan fingerprint density at radius 3 is 0.921 bits per heavy atom. The van der Waals surface area contributed by atoms with Crippen LogP contribution in [0.25, 0.3) is 99.5 Å². The average Bonchev–Trinajstić information content (AvgIpc) is 4.00. The summed E-state index contributed by atoms with van der Waals surface area (Å²) in [6, 6.07) is 87.2. The Balaban J connectivity index is 0.920. The van der Waals surface area contributed by atoms with Crippen LogP contribution in [0.1, 0.15) is 22.6 Å². The molecule has 2 heteroatoms. The zero-order chi connectivity index (χ0) is 41.4. The van der Waals surface area contributed by atoms with E-state index in [0.29, 0.717) is 0 Å². The summed E-state index contributed by atoms with van der Waals surface area (Å²) in [7, 11) is 0. The molecule has 13 rings (SSSR count). The van der Waals surface area contributed by atoms with Gasteiger partial charge in [0.05, 0.1) is 22.1 Å². The molecule has 1 aliphatic rings. The summed E-state index contributed by atoms with van der Waals surface area (Å²) in [6.07, 6.45) is 0. The Morgan fingerprint density at radius 1 is 0.254 bits per heavy atom. The highest BCUT2D eigenvalue weighted by Gasteiger charge is 2.29. The van der Waals surface area contributed by atoms with Crippen LogP contribution in [0.2, 0.25) is 0 Å². The van der Waals surface area contributed by atoms with Crippen molar-refractivity contribution in [3.63, 3.8) is 0 Å². The summed E-state index contributed by atoms with van der Waals surface area (Å²) in [6.45, 7) is 0. The topological polar surface area (TPSA) is 9.86 Å². The van der Waals surface area contributed by atoms with E-state index in [1.807, 2.05) is 0 Å². The van der Waals surface area contributed by atoms with Crippen LogP contribution in [0, 0.1) is 0 Å². The van der Waals surface area contributed by atoms with Crippen molar-refractivity contribution in [1.82, 2.24) is 9.13 Å². The molecule has 0 spiro atoms. The Hall–Kier alpha value is -8.20. The van der Waals surface area contributed by atoms with Gasteiger partial charge in [0.2, 0.25) is 0 Å². The van der Waals surface area contributed by atoms with Crippen molar-refractivity contribution in [1.29, 1.82) is 0 Å². The first-order valence-electron chi connectivity index (χ1n) is 21.9. The van der Waals surface area contributed by atoms with Crippen molar-refractivity contribution in [2.75, 3.05) is 0 Å². The van der Waals surface area contributed by atoms with E-state index in [1.165, 1.54) is 105 Å². The van der Waals surface area contributed by atoms with Crippen molar-refractivity contribution in [3.8, 4) is 55.9 Å². The van der Waals surface area contributed by atoms with Crippen LogP contribution < -0.4 is 0 Å². The monoisotopic (exact) mass is 800 g/mol. The lowest BCUT2D eigenvalue weighted by atomic mass is 9.88. The van der Waals surface area contributed by atoms with Crippen LogP contribution in [-0.2, 0) is 0 Å². The van der Waals surface area contributed by atoms with Crippen molar-refractivity contribution in [2.45, 2.75) is 5.92 Å². The third-order valence-corrected chi connectivity index (χ3v) is 13.4. The number of hydrogen-bond donors (Lipinski definition) is 0. The number of benzene rings is 10. The first-order valence-corrected chi connectivity index (χ1v) is 21.9. The highest BCUT2D eigenvalue weighted by Crippen LogP contribution is 2.48. The standard InChI is InChI=1S/C61H40N2/c1-3-19-55-49(13-1)50-14-2-4-20-56(50)61(55)43-27-25-40(26-28-43)44-37-45(41-29-33-47(34-30-41)62-57-21-9-5-15-51(57)52-16-6-10-22-58(52)62)39-46(38-44)42-31-35-48(36-32-42)63-59-23-11-7-17-53(59)54-18-8-12-24-60(54)63/h1-39,61H. The van der Waals surface area contributed by atoms with E-state index in [2.05, 4.69) is 246 Å². The molecule has 0 fully saturated rings. The van der Waals surface area contributed by atoms with Crippen LogP contribution in [0.5, 0.6) is 0 Å². The Bertz CT molecular complexity index is 3390. The second-order valence-electron chi connectivity index (χ2n) is 16.9. The molecule has 2 heterocycles. The van der Waals surface area contributed by atoms with Gasteiger partial charge < -0.3 is 9.13 Å². The van der Waals surface area contributed by atoms with E-state index in [0.717, 1.165) is 11.4 Å². The number of para-hydroxylation sites is 4. The summed E-state index contributed by atoms with van der Waals surface area (Å²) in [4.78, 5) is 0. The van der Waals surface area contributed by atoms with Gasteiger partial charge in [-0.15, -0.1) is 0 Å². The molecule has 0 saturated carbocycles. The molecule has 12 aromatic rings. The first-order chi connectivity index (χ1) is 31.2. The summed E-state index contributed by atoms with van der Waals surface area (Å²) in [5, 5.41) is 5.08. The minimum atomic E-state index is 0.217. The molecule has 0 amide bonds. The SMILES string of the molecule is c1ccc2c(c1)-c1ccccc1C2c1ccc(-c2cc(-c3ccc(-n4c5ccccc5c5ccccc54)cc3)cc(-c3ccc(-n4c5ccccc5c5ccccc54)cc3)c2)cc1.